The zero-order chi connectivity index (χ0) is 11.6. The summed E-state index contributed by atoms with van der Waals surface area (Å²) in [5.74, 6) is 0. The molecule has 0 saturated carbocycles. The largest absolute Gasteiger partial charge is 0.432 e. The Hall–Kier alpha value is 0.354. The van der Waals surface area contributed by atoms with Crippen molar-refractivity contribution < 1.29 is 9.59 Å². The first-order valence-corrected chi connectivity index (χ1v) is 11.0. The van der Waals surface area contributed by atoms with Crippen molar-refractivity contribution in [1.29, 1.82) is 0 Å². The molecule has 0 heterocycles. The highest BCUT2D eigenvalue weighted by Crippen LogP contribution is 2.30. The molecule has 0 aliphatic carbocycles. The van der Waals surface area contributed by atoms with Crippen molar-refractivity contribution in [1.82, 2.24) is 0 Å². The fourth-order valence-electron chi connectivity index (χ4n) is 1.08. The third-order valence-corrected chi connectivity index (χ3v) is 11.6. The molecule has 0 fully saturated rings. The highest BCUT2D eigenvalue weighted by Gasteiger charge is 2.35. The van der Waals surface area contributed by atoms with Crippen LogP contribution in [0.3, 0.4) is 0 Å². The Morgan fingerprint density at radius 3 is 1.14 bits per heavy atom. The van der Waals surface area contributed by atoms with Crippen LogP contribution in [-0.4, -0.2) is 26.2 Å². The van der Waals surface area contributed by atoms with Gasteiger partial charge in [-0.1, -0.05) is 27.7 Å². The summed E-state index contributed by atoms with van der Waals surface area (Å²) in [5, 5.41) is 0. The Labute approximate surface area is 90.6 Å². The molecule has 2 nitrogen and oxygen atoms in total. The first kappa shape index (κ1) is 14.4. The molecule has 0 aliphatic heterocycles. The van der Waals surface area contributed by atoms with Crippen molar-refractivity contribution in [3.05, 3.63) is 0 Å². The highest BCUT2D eigenvalue weighted by molar-refractivity contribution is 6.77. The van der Waals surface area contributed by atoms with Gasteiger partial charge in [0, 0.05) is 0 Å². The summed E-state index contributed by atoms with van der Waals surface area (Å²) in [6.07, 6.45) is 0. The number of rotatable bonds is 5. The lowest BCUT2D eigenvalue weighted by Crippen LogP contribution is -2.40. The molecule has 2 atom stereocenters. The average Bonchev–Trinajstić information content (AvgIpc) is 2.01. The second kappa shape index (κ2) is 4.92. The summed E-state index contributed by atoms with van der Waals surface area (Å²) in [6.45, 7) is 12.3. The standard InChI is InChI=1S/C10H26O2Si2/c1-9(2)13(5,11)7-8-14(6,12)10(3)4/h9-12H,7-8H2,1-6H3. The molecule has 2 N–H and O–H groups in total. The number of hydrogen-bond acceptors (Lipinski definition) is 2. The molecule has 0 rings (SSSR count). The van der Waals surface area contributed by atoms with Gasteiger partial charge in [-0.3, -0.25) is 0 Å². The quantitative estimate of drug-likeness (QED) is 0.718. The molecule has 2 unspecified atom stereocenters. The van der Waals surface area contributed by atoms with E-state index in [2.05, 4.69) is 27.7 Å². The summed E-state index contributed by atoms with van der Waals surface area (Å²) in [5.41, 5.74) is 0.777. The average molecular weight is 234 g/mol. The maximum absolute atomic E-state index is 10.2. The maximum atomic E-state index is 10.2. The van der Waals surface area contributed by atoms with Crippen molar-refractivity contribution >= 4 is 16.6 Å². The minimum Gasteiger partial charge on any atom is -0.432 e. The Balaban J connectivity index is 4.18. The molecule has 14 heavy (non-hydrogen) atoms. The van der Waals surface area contributed by atoms with Crippen molar-refractivity contribution in [2.45, 2.75) is 64.0 Å². The van der Waals surface area contributed by atoms with Crippen LogP contribution in [0, 0.1) is 0 Å². The first-order valence-electron chi connectivity index (χ1n) is 5.54. The Bertz CT molecular complexity index is 157. The molecule has 0 aromatic heterocycles. The van der Waals surface area contributed by atoms with E-state index in [4.69, 9.17) is 0 Å². The highest BCUT2D eigenvalue weighted by atomic mass is 28.4. The second-order valence-electron chi connectivity index (χ2n) is 5.52. The summed E-state index contributed by atoms with van der Waals surface area (Å²) >= 11 is 0. The van der Waals surface area contributed by atoms with Crippen LogP contribution < -0.4 is 0 Å². The zero-order valence-corrected chi connectivity index (χ0v) is 12.5. The Kier molecular flexibility index (Phi) is 5.04. The van der Waals surface area contributed by atoms with E-state index >= 15 is 0 Å². The topological polar surface area (TPSA) is 40.5 Å². The molecular weight excluding hydrogens is 208 g/mol. The molecule has 0 aliphatic rings. The SMILES string of the molecule is CC(C)[Si](C)(O)CC[Si](C)(O)C(C)C. The van der Waals surface area contributed by atoms with Crippen LogP contribution in [0.1, 0.15) is 27.7 Å². The van der Waals surface area contributed by atoms with E-state index < -0.39 is 16.6 Å². The molecular formula is C10H26O2Si2. The Morgan fingerprint density at radius 2 is 1.00 bits per heavy atom. The van der Waals surface area contributed by atoms with E-state index in [9.17, 15) is 9.59 Å². The minimum absolute atomic E-state index is 0.388. The van der Waals surface area contributed by atoms with Gasteiger partial charge in [0.05, 0.1) is 0 Å². The third-order valence-electron chi connectivity index (χ3n) is 3.62. The lowest BCUT2D eigenvalue weighted by atomic mass is 10.6. The molecule has 0 saturated heterocycles. The van der Waals surface area contributed by atoms with Gasteiger partial charge >= 0.3 is 0 Å². The smallest absolute Gasteiger partial charge is 0.187 e. The van der Waals surface area contributed by atoms with Gasteiger partial charge in [-0.25, -0.2) is 0 Å². The van der Waals surface area contributed by atoms with Gasteiger partial charge in [0.15, 0.2) is 16.6 Å². The molecule has 0 bridgehead atoms. The van der Waals surface area contributed by atoms with E-state index in [0.29, 0.717) is 11.1 Å². The van der Waals surface area contributed by atoms with Gasteiger partial charge in [0.25, 0.3) is 0 Å². The summed E-state index contributed by atoms with van der Waals surface area (Å²) in [7, 11) is -4.12. The molecule has 0 aromatic rings. The van der Waals surface area contributed by atoms with Crippen molar-refractivity contribution in [3.8, 4) is 0 Å². The fourth-order valence-corrected chi connectivity index (χ4v) is 6.29. The predicted octanol–water partition coefficient (Wildman–Crippen LogP) is 2.94. The third kappa shape index (κ3) is 4.25. The molecule has 86 valence electrons. The van der Waals surface area contributed by atoms with E-state index in [1.807, 2.05) is 13.1 Å². The monoisotopic (exact) mass is 234 g/mol. The number of hydrogen-bond donors (Lipinski definition) is 2. The molecule has 0 spiro atoms. The lowest BCUT2D eigenvalue weighted by Gasteiger charge is -2.30. The fraction of sp³-hybridized carbons (Fsp3) is 1.00. The summed E-state index contributed by atoms with van der Waals surface area (Å²) in [4.78, 5) is 20.4. The lowest BCUT2D eigenvalue weighted by molar-refractivity contribution is 0.503. The van der Waals surface area contributed by atoms with Crippen molar-refractivity contribution in [2.24, 2.45) is 0 Å². The van der Waals surface area contributed by atoms with Crippen LogP contribution in [0.4, 0.5) is 0 Å². The Morgan fingerprint density at radius 1 is 0.786 bits per heavy atom. The van der Waals surface area contributed by atoms with Crippen molar-refractivity contribution in [3.63, 3.8) is 0 Å². The molecule has 0 aromatic carbocycles. The van der Waals surface area contributed by atoms with E-state index in [-0.39, 0.29) is 0 Å². The van der Waals surface area contributed by atoms with E-state index in [0.717, 1.165) is 12.1 Å². The van der Waals surface area contributed by atoms with E-state index in [1.165, 1.54) is 0 Å². The maximum Gasteiger partial charge on any atom is 0.187 e. The zero-order valence-electron chi connectivity index (χ0n) is 10.5. The van der Waals surface area contributed by atoms with Crippen LogP contribution >= 0.6 is 0 Å². The van der Waals surface area contributed by atoms with Crippen LogP contribution in [-0.2, 0) is 0 Å². The minimum atomic E-state index is -2.06. The van der Waals surface area contributed by atoms with Crippen LogP contribution in [0.5, 0.6) is 0 Å². The van der Waals surface area contributed by atoms with Gasteiger partial charge < -0.3 is 9.59 Å². The predicted molar refractivity (Wildman–Crippen MR) is 67.5 cm³/mol. The second-order valence-corrected chi connectivity index (χ2v) is 14.3. The molecule has 0 amide bonds. The molecule has 4 heteroatoms. The van der Waals surface area contributed by atoms with Gasteiger partial charge in [-0.2, -0.15) is 0 Å². The van der Waals surface area contributed by atoms with Crippen molar-refractivity contribution in [2.75, 3.05) is 0 Å². The van der Waals surface area contributed by atoms with E-state index in [1.54, 1.807) is 0 Å². The summed E-state index contributed by atoms with van der Waals surface area (Å²) in [6, 6.07) is 1.70. The van der Waals surface area contributed by atoms with Crippen LogP contribution in [0.25, 0.3) is 0 Å². The first-order chi connectivity index (χ1) is 6.09. The summed E-state index contributed by atoms with van der Waals surface area (Å²) < 4.78 is 0. The normalized spacial score (nSPS) is 21.0. The molecule has 0 radical (unpaired) electrons. The van der Waals surface area contributed by atoms with Crippen LogP contribution in [0.15, 0.2) is 0 Å². The van der Waals surface area contributed by atoms with Gasteiger partial charge in [-0.15, -0.1) is 0 Å². The van der Waals surface area contributed by atoms with Crippen LogP contribution in [0.2, 0.25) is 36.3 Å². The van der Waals surface area contributed by atoms with Gasteiger partial charge in [-0.05, 0) is 36.3 Å². The van der Waals surface area contributed by atoms with Gasteiger partial charge in [0.2, 0.25) is 0 Å². The van der Waals surface area contributed by atoms with Gasteiger partial charge in [0.1, 0.15) is 0 Å².